The van der Waals surface area contributed by atoms with Crippen LogP contribution >= 0.6 is 0 Å². The summed E-state index contributed by atoms with van der Waals surface area (Å²) in [7, 11) is 0. The summed E-state index contributed by atoms with van der Waals surface area (Å²) < 4.78 is 0. The lowest BCUT2D eigenvalue weighted by Gasteiger charge is -2.26. The Morgan fingerprint density at radius 2 is 1.90 bits per heavy atom. The SMILES string of the molecule is CCCNC(C)c1ccccc1N1CC2CCCC2C1. The maximum Gasteiger partial charge on any atom is 0.0414 e. The van der Waals surface area contributed by atoms with Crippen LogP contribution in [0.5, 0.6) is 0 Å². The van der Waals surface area contributed by atoms with Crippen LogP contribution < -0.4 is 10.2 Å². The third kappa shape index (κ3) is 2.71. The zero-order chi connectivity index (χ0) is 13.9. The molecular weight excluding hydrogens is 244 g/mol. The van der Waals surface area contributed by atoms with Crippen LogP contribution in [0.15, 0.2) is 24.3 Å². The second-order valence-corrected chi connectivity index (χ2v) is 6.59. The summed E-state index contributed by atoms with van der Waals surface area (Å²) in [6.07, 6.45) is 5.56. The first-order valence-electron chi connectivity index (χ1n) is 8.37. The molecule has 1 heterocycles. The summed E-state index contributed by atoms with van der Waals surface area (Å²) in [6.45, 7) is 8.18. The molecule has 3 atom stereocenters. The van der Waals surface area contributed by atoms with Gasteiger partial charge in [-0.05, 0) is 56.2 Å². The van der Waals surface area contributed by atoms with E-state index < -0.39 is 0 Å². The van der Waals surface area contributed by atoms with E-state index in [-0.39, 0.29) is 0 Å². The Balaban J connectivity index is 1.76. The minimum atomic E-state index is 0.451. The van der Waals surface area contributed by atoms with Crippen molar-refractivity contribution in [3.8, 4) is 0 Å². The van der Waals surface area contributed by atoms with E-state index >= 15 is 0 Å². The van der Waals surface area contributed by atoms with Crippen molar-refractivity contribution >= 4 is 5.69 Å². The van der Waals surface area contributed by atoms with Crippen LogP contribution in [-0.2, 0) is 0 Å². The van der Waals surface area contributed by atoms with Crippen molar-refractivity contribution in [2.24, 2.45) is 11.8 Å². The molecule has 2 fully saturated rings. The molecule has 1 aromatic carbocycles. The molecular formula is C18H28N2. The largest absolute Gasteiger partial charge is 0.371 e. The average molecular weight is 272 g/mol. The van der Waals surface area contributed by atoms with E-state index in [2.05, 4.69) is 48.3 Å². The molecule has 110 valence electrons. The Morgan fingerprint density at radius 1 is 1.20 bits per heavy atom. The van der Waals surface area contributed by atoms with Crippen molar-refractivity contribution in [3.05, 3.63) is 29.8 Å². The second kappa shape index (κ2) is 6.17. The zero-order valence-corrected chi connectivity index (χ0v) is 12.9. The highest BCUT2D eigenvalue weighted by Gasteiger charge is 2.36. The van der Waals surface area contributed by atoms with Crippen LogP contribution in [0.2, 0.25) is 0 Å². The molecule has 2 heteroatoms. The van der Waals surface area contributed by atoms with Crippen LogP contribution in [0.1, 0.15) is 51.1 Å². The summed E-state index contributed by atoms with van der Waals surface area (Å²) in [4.78, 5) is 2.65. The monoisotopic (exact) mass is 272 g/mol. The molecule has 20 heavy (non-hydrogen) atoms. The summed E-state index contributed by atoms with van der Waals surface area (Å²) in [6, 6.07) is 9.45. The van der Waals surface area contributed by atoms with E-state index in [0.717, 1.165) is 18.4 Å². The molecule has 0 aromatic heterocycles. The molecule has 2 aliphatic rings. The molecule has 3 unspecified atom stereocenters. The van der Waals surface area contributed by atoms with E-state index in [0.29, 0.717) is 6.04 Å². The number of nitrogens with zero attached hydrogens (tertiary/aromatic N) is 1. The molecule has 2 nitrogen and oxygen atoms in total. The minimum Gasteiger partial charge on any atom is -0.371 e. The van der Waals surface area contributed by atoms with Gasteiger partial charge < -0.3 is 10.2 Å². The van der Waals surface area contributed by atoms with Crippen molar-refractivity contribution in [1.29, 1.82) is 0 Å². The molecule has 1 aromatic rings. The summed E-state index contributed by atoms with van der Waals surface area (Å²) in [5.74, 6) is 1.92. The van der Waals surface area contributed by atoms with E-state index in [1.54, 1.807) is 0 Å². The van der Waals surface area contributed by atoms with Gasteiger partial charge in [0.15, 0.2) is 0 Å². The zero-order valence-electron chi connectivity index (χ0n) is 12.9. The normalized spacial score (nSPS) is 26.8. The summed E-state index contributed by atoms with van der Waals surface area (Å²) in [5.41, 5.74) is 2.94. The predicted octanol–water partition coefficient (Wildman–Crippen LogP) is 3.98. The lowest BCUT2D eigenvalue weighted by atomic mass is 10.0. The van der Waals surface area contributed by atoms with Crippen molar-refractivity contribution in [2.45, 2.75) is 45.6 Å². The first-order chi connectivity index (χ1) is 9.79. The topological polar surface area (TPSA) is 15.3 Å². The molecule has 0 radical (unpaired) electrons. The smallest absolute Gasteiger partial charge is 0.0414 e. The number of fused-ring (bicyclic) bond motifs is 1. The minimum absolute atomic E-state index is 0.451. The Morgan fingerprint density at radius 3 is 2.60 bits per heavy atom. The number of rotatable bonds is 5. The van der Waals surface area contributed by atoms with Gasteiger partial charge in [-0.2, -0.15) is 0 Å². The fraction of sp³-hybridized carbons (Fsp3) is 0.667. The lowest BCUT2D eigenvalue weighted by Crippen LogP contribution is -2.26. The highest BCUT2D eigenvalue weighted by atomic mass is 15.2. The van der Waals surface area contributed by atoms with Crippen LogP contribution in [0.4, 0.5) is 5.69 Å². The molecule has 1 N–H and O–H groups in total. The predicted molar refractivity (Wildman–Crippen MR) is 86.2 cm³/mol. The van der Waals surface area contributed by atoms with E-state index in [1.165, 1.54) is 50.0 Å². The number of para-hydroxylation sites is 1. The number of hydrogen-bond acceptors (Lipinski definition) is 2. The molecule has 0 amide bonds. The van der Waals surface area contributed by atoms with Gasteiger partial charge in [-0.15, -0.1) is 0 Å². The van der Waals surface area contributed by atoms with Gasteiger partial charge in [-0.1, -0.05) is 31.5 Å². The summed E-state index contributed by atoms with van der Waals surface area (Å²) >= 11 is 0. The quantitative estimate of drug-likeness (QED) is 0.872. The number of nitrogens with one attached hydrogen (secondary N) is 1. The molecule has 0 bridgehead atoms. The first kappa shape index (κ1) is 13.9. The second-order valence-electron chi connectivity index (χ2n) is 6.59. The number of anilines is 1. The third-order valence-corrected chi connectivity index (χ3v) is 5.17. The van der Waals surface area contributed by atoms with Crippen LogP contribution in [0, 0.1) is 11.8 Å². The highest BCUT2D eigenvalue weighted by Crippen LogP contribution is 2.41. The van der Waals surface area contributed by atoms with Crippen LogP contribution in [-0.4, -0.2) is 19.6 Å². The molecule has 0 spiro atoms. The first-order valence-corrected chi connectivity index (χ1v) is 8.37. The van der Waals surface area contributed by atoms with Crippen LogP contribution in [0.3, 0.4) is 0 Å². The fourth-order valence-corrected chi connectivity index (χ4v) is 4.04. The van der Waals surface area contributed by atoms with Gasteiger partial charge in [0.2, 0.25) is 0 Å². The Labute approximate surface area is 123 Å². The number of benzene rings is 1. The van der Waals surface area contributed by atoms with Crippen molar-refractivity contribution in [2.75, 3.05) is 24.5 Å². The van der Waals surface area contributed by atoms with Gasteiger partial charge in [0.1, 0.15) is 0 Å². The lowest BCUT2D eigenvalue weighted by molar-refractivity contribution is 0.494. The van der Waals surface area contributed by atoms with Crippen molar-refractivity contribution in [1.82, 2.24) is 5.32 Å². The average Bonchev–Trinajstić information content (AvgIpc) is 3.06. The standard InChI is InChI=1S/C18H28N2/c1-3-11-19-14(2)17-9-4-5-10-18(17)20-12-15-7-6-8-16(15)13-20/h4-5,9-10,14-16,19H,3,6-8,11-13H2,1-2H3. The van der Waals surface area contributed by atoms with Gasteiger partial charge in [-0.3, -0.25) is 0 Å². The van der Waals surface area contributed by atoms with Gasteiger partial charge in [0.05, 0.1) is 0 Å². The highest BCUT2D eigenvalue weighted by molar-refractivity contribution is 5.56. The van der Waals surface area contributed by atoms with Gasteiger partial charge >= 0.3 is 0 Å². The molecule has 1 saturated heterocycles. The molecule has 1 aliphatic carbocycles. The van der Waals surface area contributed by atoms with Gasteiger partial charge in [0, 0.05) is 24.8 Å². The number of hydrogen-bond donors (Lipinski definition) is 1. The van der Waals surface area contributed by atoms with Gasteiger partial charge in [-0.25, -0.2) is 0 Å². The maximum absolute atomic E-state index is 3.64. The Hall–Kier alpha value is -1.02. The maximum atomic E-state index is 3.64. The Bertz CT molecular complexity index is 431. The van der Waals surface area contributed by atoms with E-state index in [4.69, 9.17) is 0 Å². The van der Waals surface area contributed by atoms with Crippen molar-refractivity contribution < 1.29 is 0 Å². The molecule has 1 aliphatic heterocycles. The Kier molecular flexibility index (Phi) is 4.30. The van der Waals surface area contributed by atoms with Gasteiger partial charge in [0.25, 0.3) is 0 Å². The molecule has 1 saturated carbocycles. The van der Waals surface area contributed by atoms with Crippen LogP contribution in [0.25, 0.3) is 0 Å². The molecule has 3 rings (SSSR count). The van der Waals surface area contributed by atoms with E-state index in [1.807, 2.05) is 0 Å². The van der Waals surface area contributed by atoms with Crippen molar-refractivity contribution in [3.63, 3.8) is 0 Å². The fourth-order valence-electron chi connectivity index (χ4n) is 4.04. The third-order valence-electron chi connectivity index (χ3n) is 5.17. The van der Waals surface area contributed by atoms with E-state index in [9.17, 15) is 0 Å². The summed E-state index contributed by atoms with van der Waals surface area (Å²) in [5, 5.41) is 3.64.